The molecular formula is C28H28N4O6. The number of carbonyl (C=O) groups is 5. The summed E-state index contributed by atoms with van der Waals surface area (Å²) in [6.45, 7) is 6.15. The lowest BCUT2D eigenvalue weighted by atomic mass is 9.97. The first-order valence-corrected chi connectivity index (χ1v) is 12.3. The third-order valence-electron chi connectivity index (χ3n) is 6.38. The minimum Gasteiger partial charge on any atom is -0.466 e. The monoisotopic (exact) mass is 516 g/mol. The first-order chi connectivity index (χ1) is 18.2. The standard InChI is InChI=1S/C28H28N4O6/c1-4-38-25(34)15-23-17(2)30-32(18(23)3)16-19-9-11-20(12-10-19)29-24(33)13-14-31-27(36)22-8-6-5-7-21(22)26(35)28(31)37/h5-12H,4,13-16H2,1-3H3,(H,29,33). The van der Waals surface area contributed by atoms with Gasteiger partial charge in [0.15, 0.2) is 0 Å². The number of nitrogens with zero attached hydrogens (tertiary/aromatic N) is 3. The third kappa shape index (κ3) is 5.54. The van der Waals surface area contributed by atoms with Crippen molar-refractivity contribution in [2.75, 3.05) is 18.5 Å². The van der Waals surface area contributed by atoms with Crippen LogP contribution in [0, 0.1) is 13.8 Å². The van der Waals surface area contributed by atoms with Crippen molar-refractivity contribution in [2.45, 2.75) is 40.2 Å². The molecule has 0 saturated heterocycles. The molecular weight excluding hydrogens is 488 g/mol. The van der Waals surface area contributed by atoms with E-state index in [9.17, 15) is 24.0 Å². The highest BCUT2D eigenvalue weighted by Gasteiger charge is 2.37. The number of ketones is 1. The molecule has 1 aliphatic rings. The van der Waals surface area contributed by atoms with Crippen LogP contribution in [0.15, 0.2) is 48.5 Å². The van der Waals surface area contributed by atoms with Crippen LogP contribution in [0.2, 0.25) is 0 Å². The van der Waals surface area contributed by atoms with Crippen LogP contribution in [-0.4, -0.2) is 57.3 Å². The number of ether oxygens (including phenoxy) is 1. The van der Waals surface area contributed by atoms with Gasteiger partial charge in [0.05, 0.1) is 30.8 Å². The second kappa shape index (κ2) is 11.2. The largest absolute Gasteiger partial charge is 0.466 e. The van der Waals surface area contributed by atoms with E-state index in [1.165, 1.54) is 12.1 Å². The number of benzene rings is 2. The van der Waals surface area contributed by atoms with Gasteiger partial charge >= 0.3 is 11.9 Å². The number of fused-ring (bicyclic) bond motifs is 1. The zero-order valence-corrected chi connectivity index (χ0v) is 21.4. The molecule has 0 atom stereocenters. The fourth-order valence-corrected chi connectivity index (χ4v) is 4.35. The highest BCUT2D eigenvalue weighted by atomic mass is 16.5. The van der Waals surface area contributed by atoms with Gasteiger partial charge in [-0.05, 0) is 44.5 Å². The summed E-state index contributed by atoms with van der Waals surface area (Å²) in [5, 5.41) is 7.29. The number of rotatable bonds is 9. The number of esters is 1. The van der Waals surface area contributed by atoms with Crippen LogP contribution < -0.4 is 5.32 Å². The minimum absolute atomic E-state index is 0.0824. The van der Waals surface area contributed by atoms with Crippen LogP contribution >= 0.6 is 0 Å². The Morgan fingerprint density at radius 1 is 0.947 bits per heavy atom. The second-order valence-electron chi connectivity index (χ2n) is 8.92. The Morgan fingerprint density at radius 3 is 2.32 bits per heavy atom. The van der Waals surface area contributed by atoms with Gasteiger partial charge in [0, 0.05) is 35.5 Å². The lowest BCUT2D eigenvalue weighted by Gasteiger charge is -2.25. The molecule has 0 bridgehead atoms. The number of anilines is 1. The summed E-state index contributed by atoms with van der Waals surface area (Å²) in [6, 6.07) is 13.3. The summed E-state index contributed by atoms with van der Waals surface area (Å²) in [5.74, 6) is -2.96. The highest BCUT2D eigenvalue weighted by Crippen LogP contribution is 2.21. The first-order valence-electron chi connectivity index (χ1n) is 12.3. The smallest absolute Gasteiger partial charge is 0.310 e. The summed E-state index contributed by atoms with van der Waals surface area (Å²) >= 11 is 0. The zero-order chi connectivity index (χ0) is 27.4. The number of hydrogen-bond donors (Lipinski definition) is 1. The van der Waals surface area contributed by atoms with Gasteiger partial charge in [-0.3, -0.25) is 33.6 Å². The Hall–Kier alpha value is -4.60. The maximum absolute atomic E-state index is 12.7. The van der Waals surface area contributed by atoms with Crippen molar-refractivity contribution in [3.8, 4) is 0 Å². The zero-order valence-electron chi connectivity index (χ0n) is 21.4. The number of Topliss-reactive ketones (excluding diaryl/α,β-unsaturated/α-hetero) is 1. The van der Waals surface area contributed by atoms with E-state index >= 15 is 0 Å². The highest BCUT2D eigenvalue weighted by molar-refractivity contribution is 6.49. The van der Waals surface area contributed by atoms with E-state index in [0.29, 0.717) is 18.8 Å². The second-order valence-corrected chi connectivity index (χ2v) is 8.92. The van der Waals surface area contributed by atoms with Crippen molar-refractivity contribution < 1.29 is 28.7 Å². The lowest BCUT2D eigenvalue weighted by molar-refractivity contribution is -0.142. The van der Waals surface area contributed by atoms with E-state index in [-0.39, 0.29) is 36.5 Å². The lowest BCUT2D eigenvalue weighted by Crippen LogP contribution is -2.47. The van der Waals surface area contributed by atoms with Crippen molar-refractivity contribution in [3.63, 3.8) is 0 Å². The predicted molar refractivity (Wildman–Crippen MR) is 138 cm³/mol. The number of nitrogens with one attached hydrogen (secondary N) is 1. The number of aryl methyl sites for hydroxylation is 1. The molecule has 38 heavy (non-hydrogen) atoms. The van der Waals surface area contributed by atoms with Crippen molar-refractivity contribution in [1.29, 1.82) is 0 Å². The van der Waals surface area contributed by atoms with Crippen LogP contribution in [0.25, 0.3) is 0 Å². The third-order valence-corrected chi connectivity index (χ3v) is 6.38. The van der Waals surface area contributed by atoms with Gasteiger partial charge in [-0.1, -0.05) is 30.3 Å². The molecule has 10 heteroatoms. The van der Waals surface area contributed by atoms with Gasteiger partial charge in [-0.15, -0.1) is 0 Å². The Labute approximate surface area is 219 Å². The van der Waals surface area contributed by atoms with Crippen LogP contribution in [0.5, 0.6) is 0 Å². The fraction of sp³-hybridized carbons (Fsp3) is 0.286. The summed E-state index contributed by atoms with van der Waals surface area (Å²) in [5.41, 5.74) is 4.24. The maximum Gasteiger partial charge on any atom is 0.310 e. The van der Waals surface area contributed by atoms with Gasteiger partial charge in [-0.2, -0.15) is 5.10 Å². The SMILES string of the molecule is CCOC(=O)Cc1c(C)nn(Cc2ccc(NC(=O)CCN3C(=O)C(=O)c4ccccc4C3=O)cc2)c1C. The van der Waals surface area contributed by atoms with Crippen LogP contribution in [0.1, 0.15) is 56.6 Å². The molecule has 1 aliphatic heterocycles. The van der Waals surface area contributed by atoms with Crippen LogP contribution in [0.4, 0.5) is 5.69 Å². The first kappa shape index (κ1) is 26.5. The quantitative estimate of drug-likeness (QED) is 0.263. The topological polar surface area (TPSA) is 128 Å². The van der Waals surface area contributed by atoms with Gasteiger partial charge in [0.25, 0.3) is 11.7 Å². The Bertz CT molecular complexity index is 1420. The van der Waals surface area contributed by atoms with E-state index in [2.05, 4.69) is 10.4 Å². The van der Waals surface area contributed by atoms with Gasteiger partial charge < -0.3 is 10.1 Å². The Morgan fingerprint density at radius 2 is 1.63 bits per heavy atom. The van der Waals surface area contributed by atoms with Crippen molar-refractivity contribution in [3.05, 3.63) is 82.2 Å². The summed E-state index contributed by atoms with van der Waals surface area (Å²) in [4.78, 5) is 62.6. The van der Waals surface area contributed by atoms with Gasteiger partial charge in [0.2, 0.25) is 5.91 Å². The molecule has 1 N–H and O–H groups in total. The molecule has 10 nitrogen and oxygen atoms in total. The predicted octanol–water partition coefficient (Wildman–Crippen LogP) is 2.85. The van der Waals surface area contributed by atoms with Gasteiger partial charge in [-0.25, -0.2) is 0 Å². The summed E-state index contributed by atoms with van der Waals surface area (Å²) < 4.78 is 6.87. The molecule has 4 rings (SSSR count). The van der Waals surface area contributed by atoms with Crippen molar-refractivity contribution in [2.24, 2.45) is 0 Å². The molecule has 0 fully saturated rings. The average molecular weight is 517 g/mol. The number of carbonyl (C=O) groups excluding carboxylic acids is 5. The Balaban J connectivity index is 1.34. The molecule has 3 aromatic rings. The average Bonchev–Trinajstić information content (AvgIpc) is 3.15. The molecule has 0 saturated carbocycles. The molecule has 3 amide bonds. The number of imide groups is 1. The molecule has 1 aromatic heterocycles. The minimum atomic E-state index is -0.930. The molecule has 0 aliphatic carbocycles. The molecule has 0 radical (unpaired) electrons. The summed E-state index contributed by atoms with van der Waals surface area (Å²) in [6.07, 6.45) is 0.0233. The molecule has 2 aromatic carbocycles. The van der Waals surface area contributed by atoms with E-state index in [1.807, 2.05) is 30.7 Å². The summed E-state index contributed by atoms with van der Waals surface area (Å²) in [7, 11) is 0. The molecule has 2 heterocycles. The van der Waals surface area contributed by atoms with Gasteiger partial charge in [0.1, 0.15) is 0 Å². The van der Waals surface area contributed by atoms with Crippen LogP contribution in [0.3, 0.4) is 0 Å². The molecule has 0 unspecified atom stereocenters. The Kier molecular flexibility index (Phi) is 7.80. The van der Waals surface area contributed by atoms with E-state index < -0.39 is 23.5 Å². The molecule has 196 valence electrons. The van der Waals surface area contributed by atoms with E-state index in [4.69, 9.17) is 4.74 Å². The van der Waals surface area contributed by atoms with E-state index in [1.54, 1.807) is 31.2 Å². The molecule has 0 spiro atoms. The number of aromatic nitrogens is 2. The van der Waals surface area contributed by atoms with E-state index in [0.717, 1.165) is 27.4 Å². The van der Waals surface area contributed by atoms with Crippen LogP contribution in [-0.2, 0) is 32.1 Å². The normalized spacial score (nSPS) is 12.9. The number of hydrogen-bond acceptors (Lipinski definition) is 7. The fourth-order valence-electron chi connectivity index (χ4n) is 4.35. The van der Waals surface area contributed by atoms with Crippen molar-refractivity contribution >= 4 is 35.2 Å². The number of amides is 3. The van der Waals surface area contributed by atoms with Crippen molar-refractivity contribution in [1.82, 2.24) is 14.7 Å². The maximum atomic E-state index is 12.7.